The van der Waals surface area contributed by atoms with Crippen LogP contribution in [0.3, 0.4) is 0 Å². The van der Waals surface area contributed by atoms with E-state index in [0.29, 0.717) is 27.1 Å². The van der Waals surface area contributed by atoms with Crippen molar-refractivity contribution in [3.05, 3.63) is 58.1 Å². The van der Waals surface area contributed by atoms with Crippen molar-refractivity contribution in [3.8, 4) is 11.5 Å². The number of benzene rings is 2. The Hall–Kier alpha value is -1.51. The summed E-state index contributed by atoms with van der Waals surface area (Å²) in [4.78, 5) is 10.7. The first kappa shape index (κ1) is 12.0. The van der Waals surface area contributed by atoms with Crippen LogP contribution in [0.2, 0.25) is 10.0 Å². The molecule has 0 radical (unpaired) electrons. The van der Waals surface area contributed by atoms with Crippen molar-refractivity contribution in [1.82, 2.24) is 0 Å². The predicted octanol–water partition coefficient (Wildman–Crippen LogP) is 4.60. The van der Waals surface area contributed by atoms with E-state index < -0.39 is 0 Å². The summed E-state index contributed by atoms with van der Waals surface area (Å²) in [7, 11) is 0. The first-order valence-electron chi connectivity index (χ1n) is 4.86. The Labute approximate surface area is 109 Å². The molecule has 0 saturated carbocycles. The standard InChI is InChI=1S/C13H8Cl2O2/c14-10-1-3-12(4-2-10)17-13-6-9(8-16)5-11(15)7-13/h1-8H. The van der Waals surface area contributed by atoms with Gasteiger partial charge in [0.05, 0.1) is 0 Å². The topological polar surface area (TPSA) is 26.3 Å². The molecule has 0 aliphatic heterocycles. The first-order chi connectivity index (χ1) is 8.17. The number of ether oxygens (including phenoxy) is 1. The third-order valence-corrected chi connectivity index (χ3v) is 2.55. The van der Waals surface area contributed by atoms with E-state index in [4.69, 9.17) is 27.9 Å². The lowest BCUT2D eigenvalue weighted by atomic mass is 10.2. The molecule has 0 saturated heterocycles. The van der Waals surface area contributed by atoms with Gasteiger partial charge in [0.25, 0.3) is 0 Å². The molecule has 0 spiro atoms. The molecule has 0 aliphatic carbocycles. The Bertz CT molecular complexity index is 536. The van der Waals surface area contributed by atoms with Gasteiger partial charge in [-0.25, -0.2) is 0 Å². The van der Waals surface area contributed by atoms with Gasteiger partial charge in [-0.05, 0) is 42.5 Å². The van der Waals surface area contributed by atoms with Gasteiger partial charge < -0.3 is 4.74 Å². The van der Waals surface area contributed by atoms with E-state index in [1.807, 2.05) is 0 Å². The Morgan fingerprint density at radius 1 is 0.882 bits per heavy atom. The van der Waals surface area contributed by atoms with Gasteiger partial charge in [0.15, 0.2) is 0 Å². The third-order valence-electron chi connectivity index (χ3n) is 2.08. The summed E-state index contributed by atoms with van der Waals surface area (Å²) in [5, 5.41) is 1.09. The average molecular weight is 267 g/mol. The third kappa shape index (κ3) is 3.22. The molecule has 0 amide bonds. The van der Waals surface area contributed by atoms with Crippen molar-refractivity contribution in [1.29, 1.82) is 0 Å². The van der Waals surface area contributed by atoms with Gasteiger partial charge in [-0.1, -0.05) is 23.2 Å². The maximum absolute atomic E-state index is 10.7. The molecule has 2 aromatic rings. The molecule has 2 aromatic carbocycles. The second-order valence-corrected chi connectivity index (χ2v) is 4.27. The zero-order chi connectivity index (χ0) is 12.3. The van der Waals surface area contributed by atoms with Crippen LogP contribution in [0.5, 0.6) is 11.5 Å². The van der Waals surface area contributed by atoms with E-state index in [0.717, 1.165) is 6.29 Å². The van der Waals surface area contributed by atoms with Gasteiger partial charge in [0, 0.05) is 15.6 Å². The molecule has 17 heavy (non-hydrogen) atoms. The number of hydrogen-bond donors (Lipinski definition) is 0. The van der Waals surface area contributed by atoms with E-state index in [-0.39, 0.29) is 0 Å². The number of aldehydes is 1. The molecule has 0 atom stereocenters. The fourth-order valence-corrected chi connectivity index (χ4v) is 1.71. The highest BCUT2D eigenvalue weighted by Gasteiger charge is 2.02. The minimum Gasteiger partial charge on any atom is -0.457 e. The summed E-state index contributed by atoms with van der Waals surface area (Å²) in [6.45, 7) is 0. The molecular weight excluding hydrogens is 259 g/mol. The maximum Gasteiger partial charge on any atom is 0.150 e. The molecule has 0 heterocycles. The summed E-state index contributed by atoms with van der Waals surface area (Å²) in [6, 6.07) is 11.8. The summed E-state index contributed by atoms with van der Waals surface area (Å²) < 4.78 is 5.55. The molecule has 2 rings (SSSR count). The quantitative estimate of drug-likeness (QED) is 0.760. The normalized spacial score (nSPS) is 10.0. The molecule has 0 aromatic heterocycles. The number of carbonyl (C=O) groups is 1. The van der Waals surface area contributed by atoms with Crippen LogP contribution in [-0.4, -0.2) is 6.29 Å². The van der Waals surface area contributed by atoms with Crippen LogP contribution in [0.15, 0.2) is 42.5 Å². The van der Waals surface area contributed by atoms with Crippen molar-refractivity contribution < 1.29 is 9.53 Å². The zero-order valence-electron chi connectivity index (χ0n) is 8.69. The number of halogens is 2. The summed E-state index contributed by atoms with van der Waals surface area (Å²) in [5.41, 5.74) is 0.474. The van der Waals surface area contributed by atoms with E-state index in [1.165, 1.54) is 0 Å². The van der Waals surface area contributed by atoms with Gasteiger partial charge in [-0.15, -0.1) is 0 Å². The zero-order valence-corrected chi connectivity index (χ0v) is 10.2. The molecule has 2 nitrogen and oxygen atoms in total. The van der Waals surface area contributed by atoms with E-state index in [9.17, 15) is 4.79 Å². The fraction of sp³-hybridized carbons (Fsp3) is 0. The summed E-state index contributed by atoms with van der Waals surface area (Å²) in [6.07, 6.45) is 0.723. The Balaban J connectivity index is 2.26. The molecule has 0 aliphatic rings. The van der Waals surface area contributed by atoms with Crippen LogP contribution < -0.4 is 4.74 Å². The smallest absolute Gasteiger partial charge is 0.150 e. The molecule has 0 N–H and O–H groups in total. The van der Waals surface area contributed by atoms with Crippen molar-refractivity contribution in [2.45, 2.75) is 0 Å². The molecule has 0 unspecified atom stereocenters. The molecule has 86 valence electrons. The van der Waals surface area contributed by atoms with Crippen LogP contribution in [0, 0.1) is 0 Å². The molecule has 0 bridgehead atoms. The summed E-state index contributed by atoms with van der Waals surface area (Å²) >= 11 is 11.6. The second kappa shape index (κ2) is 5.21. The molecule has 0 fully saturated rings. The highest BCUT2D eigenvalue weighted by atomic mass is 35.5. The van der Waals surface area contributed by atoms with Gasteiger partial charge in [-0.3, -0.25) is 4.79 Å². The van der Waals surface area contributed by atoms with Crippen LogP contribution in [-0.2, 0) is 0 Å². The summed E-state index contributed by atoms with van der Waals surface area (Å²) in [5.74, 6) is 1.15. The average Bonchev–Trinajstić information content (AvgIpc) is 2.31. The predicted molar refractivity (Wildman–Crippen MR) is 68.4 cm³/mol. The van der Waals surface area contributed by atoms with Gasteiger partial charge in [-0.2, -0.15) is 0 Å². The Kier molecular flexibility index (Phi) is 3.67. The molecular formula is C13H8Cl2O2. The van der Waals surface area contributed by atoms with Gasteiger partial charge in [0.1, 0.15) is 17.8 Å². The fourth-order valence-electron chi connectivity index (χ4n) is 1.35. The number of rotatable bonds is 3. The van der Waals surface area contributed by atoms with Crippen LogP contribution >= 0.6 is 23.2 Å². The van der Waals surface area contributed by atoms with Gasteiger partial charge in [0.2, 0.25) is 0 Å². The number of carbonyl (C=O) groups excluding carboxylic acids is 1. The van der Waals surface area contributed by atoms with E-state index >= 15 is 0 Å². The van der Waals surface area contributed by atoms with Crippen molar-refractivity contribution in [2.75, 3.05) is 0 Å². The SMILES string of the molecule is O=Cc1cc(Cl)cc(Oc2ccc(Cl)cc2)c1. The van der Waals surface area contributed by atoms with E-state index in [2.05, 4.69) is 0 Å². The number of hydrogen-bond acceptors (Lipinski definition) is 2. The van der Waals surface area contributed by atoms with Crippen molar-refractivity contribution in [2.24, 2.45) is 0 Å². The van der Waals surface area contributed by atoms with Crippen molar-refractivity contribution >= 4 is 29.5 Å². The highest BCUT2D eigenvalue weighted by molar-refractivity contribution is 6.31. The largest absolute Gasteiger partial charge is 0.457 e. The lowest BCUT2D eigenvalue weighted by Gasteiger charge is -2.06. The van der Waals surface area contributed by atoms with Crippen molar-refractivity contribution in [3.63, 3.8) is 0 Å². The van der Waals surface area contributed by atoms with Crippen LogP contribution in [0.25, 0.3) is 0 Å². The molecule has 4 heteroatoms. The lowest BCUT2D eigenvalue weighted by molar-refractivity contribution is 0.112. The Morgan fingerprint density at radius 3 is 2.24 bits per heavy atom. The minimum absolute atomic E-state index is 0.457. The lowest BCUT2D eigenvalue weighted by Crippen LogP contribution is -1.86. The highest BCUT2D eigenvalue weighted by Crippen LogP contribution is 2.26. The minimum atomic E-state index is 0.457. The second-order valence-electron chi connectivity index (χ2n) is 3.39. The first-order valence-corrected chi connectivity index (χ1v) is 5.62. The van der Waals surface area contributed by atoms with Gasteiger partial charge >= 0.3 is 0 Å². The Morgan fingerprint density at radius 2 is 1.59 bits per heavy atom. The maximum atomic E-state index is 10.7. The monoisotopic (exact) mass is 266 g/mol. The van der Waals surface area contributed by atoms with Crippen LogP contribution in [0.4, 0.5) is 0 Å². The van der Waals surface area contributed by atoms with E-state index in [1.54, 1.807) is 42.5 Å². The van der Waals surface area contributed by atoms with Crippen LogP contribution in [0.1, 0.15) is 10.4 Å².